The topological polar surface area (TPSA) is 33.5 Å². The third-order valence-electron chi connectivity index (χ3n) is 3.47. The molecule has 1 aliphatic heterocycles. The van der Waals surface area contributed by atoms with Crippen LogP contribution < -0.4 is 10.2 Å². The summed E-state index contributed by atoms with van der Waals surface area (Å²) in [5.41, 5.74) is 0.303. The van der Waals surface area contributed by atoms with E-state index in [1.807, 2.05) is 0 Å². The van der Waals surface area contributed by atoms with E-state index in [-0.39, 0.29) is 5.91 Å². The van der Waals surface area contributed by atoms with Gasteiger partial charge in [-0.1, -0.05) is 0 Å². The third-order valence-corrected chi connectivity index (χ3v) is 3.47. The fourth-order valence-corrected chi connectivity index (χ4v) is 2.39. The Morgan fingerprint density at radius 2 is 1.89 bits per heavy atom. The smallest absolute Gasteiger partial charge is 0.230 e. The summed E-state index contributed by atoms with van der Waals surface area (Å²) in [6.07, 6.45) is 4.14. The standard InChI is InChI=1S/C14H18F2N2O/c15-12-5-4-11(10-13(12)16)17-14(19)6-9-18-7-2-1-3-8-18/h4-5,10H,1-3,6-9H2,(H,17,19)/p+1. The SMILES string of the molecule is O=C(CC[NH+]1CCCCC1)Nc1ccc(F)c(F)c1. The maximum absolute atomic E-state index is 13.0. The number of amides is 1. The molecule has 1 aromatic rings. The van der Waals surface area contributed by atoms with Crippen LogP contribution in [0.25, 0.3) is 0 Å². The molecule has 0 bridgehead atoms. The summed E-state index contributed by atoms with van der Waals surface area (Å²) in [6.45, 7) is 3.05. The lowest BCUT2D eigenvalue weighted by Gasteiger charge is -2.23. The van der Waals surface area contributed by atoms with Gasteiger partial charge in [0.25, 0.3) is 0 Å². The first kappa shape index (κ1) is 13.9. The van der Waals surface area contributed by atoms with Crippen molar-refractivity contribution in [3.8, 4) is 0 Å². The van der Waals surface area contributed by atoms with Gasteiger partial charge >= 0.3 is 0 Å². The van der Waals surface area contributed by atoms with Crippen molar-refractivity contribution in [2.45, 2.75) is 25.7 Å². The molecule has 19 heavy (non-hydrogen) atoms. The summed E-state index contributed by atoms with van der Waals surface area (Å²) < 4.78 is 25.7. The monoisotopic (exact) mass is 269 g/mol. The van der Waals surface area contributed by atoms with Gasteiger partial charge in [-0.05, 0) is 31.4 Å². The number of carbonyl (C=O) groups excluding carboxylic acids is 1. The molecule has 0 radical (unpaired) electrons. The van der Waals surface area contributed by atoms with E-state index in [0.29, 0.717) is 12.1 Å². The minimum absolute atomic E-state index is 0.149. The van der Waals surface area contributed by atoms with E-state index in [9.17, 15) is 13.6 Å². The van der Waals surface area contributed by atoms with Crippen LogP contribution in [0.5, 0.6) is 0 Å². The average molecular weight is 269 g/mol. The molecule has 0 spiro atoms. The molecule has 0 aromatic heterocycles. The highest BCUT2D eigenvalue weighted by Crippen LogP contribution is 2.13. The lowest BCUT2D eigenvalue weighted by Crippen LogP contribution is -3.12. The molecule has 1 amide bonds. The van der Waals surface area contributed by atoms with E-state index in [1.165, 1.54) is 30.2 Å². The number of nitrogens with one attached hydrogen (secondary N) is 2. The van der Waals surface area contributed by atoms with Gasteiger partial charge in [-0.2, -0.15) is 0 Å². The molecule has 2 rings (SSSR count). The van der Waals surface area contributed by atoms with Crippen LogP contribution in [0.15, 0.2) is 18.2 Å². The fraction of sp³-hybridized carbons (Fsp3) is 0.500. The van der Waals surface area contributed by atoms with Crippen molar-refractivity contribution >= 4 is 11.6 Å². The highest BCUT2D eigenvalue weighted by molar-refractivity contribution is 5.90. The number of hydrogen-bond acceptors (Lipinski definition) is 1. The third kappa shape index (κ3) is 4.28. The molecule has 1 heterocycles. The maximum atomic E-state index is 13.0. The van der Waals surface area contributed by atoms with Crippen molar-refractivity contribution < 1.29 is 18.5 Å². The molecule has 1 fully saturated rings. The molecule has 1 aliphatic rings. The quantitative estimate of drug-likeness (QED) is 0.850. The summed E-state index contributed by atoms with van der Waals surface area (Å²) >= 11 is 0. The lowest BCUT2D eigenvalue weighted by molar-refractivity contribution is -0.904. The zero-order chi connectivity index (χ0) is 13.7. The van der Waals surface area contributed by atoms with Crippen LogP contribution in [0.4, 0.5) is 14.5 Å². The van der Waals surface area contributed by atoms with Crippen molar-refractivity contribution in [1.29, 1.82) is 0 Å². The van der Waals surface area contributed by atoms with Crippen LogP contribution >= 0.6 is 0 Å². The van der Waals surface area contributed by atoms with Crippen molar-refractivity contribution in [3.05, 3.63) is 29.8 Å². The van der Waals surface area contributed by atoms with E-state index < -0.39 is 11.6 Å². The zero-order valence-electron chi connectivity index (χ0n) is 10.8. The zero-order valence-corrected chi connectivity index (χ0v) is 10.8. The van der Waals surface area contributed by atoms with Gasteiger partial charge in [-0.25, -0.2) is 8.78 Å². The van der Waals surface area contributed by atoms with Crippen molar-refractivity contribution in [2.75, 3.05) is 25.0 Å². The number of rotatable bonds is 4. The molecule has 2 N–H and O–H groups in total. The Hall–Kier alpha value is -1.49. The predicted molar refractivity (Wildman–Crippen MR) is 69.0 cm³/mol. The van der Waals surface area contributed by atoms with E-state index in [4.69, 9.17) is 0 Å². The molecule has 5 heteroatoms. The van der Waals surface area contributed by atoms with Crippen LogP contribution in [0.3, 0.4) is 0 Å². The number of halogens is 2. The second-order valence-electron chi connectivity index (χ2n) is 4.99. The molecule has 0 unspecified atom stereocenters. The average Bonchev–Trinajstić information content (AvgIpc) is 2.42. The summed E-state index contributed by atoms with van der Waals surface area (Å²) in [6, 6.07) is 3.38. The molecule has 0 saturated carbocycles. The summed E-state index contributed by atoms with van der Waals surface area (Å²) in [7, 11) is 0. The fourth-order valence-electron chi connectivity index (χ4n) is 2.39. The van der Waals surface area contributed by atoms with Crippen LogP contribution in [-0.4, -0.2) is 25.5 Å². The number of hydrogen-bond donors (Lipinski definition) is 2. The van der Waals surface area contributed by atoms with Gasteiger partial charge < -0.3 is 10.2 Å². The lowest BCUT2D eigenvalue weighted by atomic mass is 10.1. The Morgan fingerprint density at radius 3 is 2.58 bits per heavy atom. The molecular weight excluding hydrogens is 250 g/mol. The Kier molecular flexibility index (Phi) is 4.85. The summed E-state index contributed by atoms with van der Waals surface area (Å²) in [4.78, 5) is 13.2. The molecule has 1 aromatic carbocycles. The van der Waals surface area contributed by atoms with Crippen LogP contribution in [-0.2, 0) is 4.79 Å². The van der Waals surface area contributed by atoms with E-state index in [2.05, 4.69) is 5.32 Å². The predicted octanol–water partition coefficient (Wildman–Crippen LogP) is 1.36. The second-order valence-corrected chi connectivity index (χ2v) is 4.99. The van der Waals surface area contributed by atoms with Gasteiger partial charge in [-0.15, -0.1) is 0 Å². The molecule has 0 atom stereocenters. The molecule has 3 nitrogen and oxygen atoms in total. The number of benzene rings is 1. The summed E-state index contributed by atoms with van der Waals surface area (Å²) in [5.74, 6) is -2.00. The minimum atomic E-state index is -0.945. The van der Waals surface area contributed by atoms with Gasteiger partial charge in [0, 0.05) is 11.8 Å². The largest absolute Gasteiger partial charge is 0.335 e. The van der Waals surface area contributed by atoms with Gasteiger partial charge in [0.2, 0.25) is 5.91 Å². The van der Waals surface area contributed by atoms with Gasteiger partial charge in [-0.3, -0.25) is 4.79 Å². The maximum Gasteiger partial charge on any atom is 0.230 e. The number of anilines is 1. The van der Waals surface area contributed by atoms with Crippen molar-refractivity contribution in [2.24, 2.45) is 0 Å². The van der Waals surface area contributed by atoms with E-state index in [0.717, 1.165) is 31.8 Å². The first-order chi connectivity index (χ1) is 9.15. The Bertz CT molecular complexity index is 445. The first-order valence-corrected chi connectivity index (χ1v) is 6.73. The molecular formula is C14H19F2N2O+. The van der Waals surface area contributed by atoms with Crippen molar-refractivity contribution in [1.82, 2.24) is 0 Å². The molecule has 1 saturated heterocycles. The minimum Gasteiger partial charge on any atom is -0.335 e. The van der Waals surface area contributed by atoms with Gasteiger partial charge in [0.15, 0.2) is 11.6 Å². The highest BCUT2D eigenvalue weighted by atomic mass is 19.2. The Balaban J connectivity index is 1.78. The van der Waals surface area contributed by atoms with Gasteiger partial charge in [0.1, 0.15) is 0 Å². The van der Waals surface area contributed by atoms with E-state index >= 15 is 0 Å². The van der Waals surface area contributed by atoms with Crippen LogP contribution in [0, 0.1) is 11.6 Å². The molecule has 104 valence electrons. The number of piperidine rings is 1. The van der Waals surface area contributed by atoms with Crippen molar-refractivity contribution in [3.63, 3.8) is 0 Å². The van der Waals surface area contributed by atoms with E-state index in [1.54, 1.807) is 0 Å². The normalized spacial score (nSPS) is 16.3. The van der Waals surface area contributed by atoms with Crippen LogP contribution in [0.2, 0.25) is 0 Å². The Labute approximate surface area is 111 Å². The highest BCUT2D eigenvalue weighted by Gasteiger charge is 2.15. The first-order valence-electron chi connectivity index (χ1n) is 6.73. The van der Waals surface area contributed by atoms with Gasteiger partial charge in [0.05, 0.1) is 26.1 Å². The van der Waals surface area contributed by atoms with Crippen LogP contribution in [0.1, 0.15) is 25.7 Å². The number of likely N-dealkylation sites (tertiary alicyclic amines) is 1. The Morgan fingerprint density at radius 1 is 1.16 bits per heavy atom. The second kappa shape index (κ2) is 6.61. The molecule has 0 aliphatic carbocycles. The number of quaternary nitrogens is 1. The number of carbonyl (C=O) groups is 1. The summed E-state index contributed by atoms with van der Waals surface area (Å²) in [5, 5.41) is 2.59.